The van der Waals surface area contributed by atoms with Gasteiger partial charge in [-0.15, -0.1) is 0 Å². The molecule has 0 bridgehead atoms. The first-order valence-corrected chi connectivity index (χ1v) is 11.0. The van der Waals surface area contributed by atoms with E-state index in [1.807, 2.05) is 13.8 Å². The minimum atomic E-state index is -1.45. The van der Waals surface area contributed by atoms with Crippen molar-refractivity contribution in [3.8, 4) is 0 Å². The first-order valence-electron chi connectivity index (χ1n) is 11.0. The molecule has 0 saturated carbocycles. The number of aliphatic carboxylic acids is 2. The molecule has 4 atom stereocenters. The first kappa shape index (κ1) is 30.8. The van der Waals surface area contributed by atoms with E-state index in [0.717, 1.165) is 0 Å². The molecule has 0 saturated heterocycles. The van der Waals surface area contributed by atoms with Crippen LogP contribution in [0.4, 0.5) is 0 Å². The summed E-state index contributed by atoms with van der Waals surface area (Å²) in [5.74, 6) is -5.83. The summed E-state index contributed by atoms with van der Waals surface area (Å²) in [6, 6.07) is -4.70. The van der Waals surface area contributed by atoms with Crippen molar-refractivity contribution in [1.82, 2.24) is 16.0 Å². The minimum Gasteiger partial charge on any atom is -0.481 e. The van der Waals surface area contributed by atoms with Gasteiger partial charge in [0.25, 0.3) is 0 Å². The van der Waals surface area contributed by atoms with Gasteiger partial charge in [-0.05, 0) is 31.1 Å². The molecule has 0 radical (unpaired) electrons. The lowest BCUT2D eigenvalue weighted by molar-refractivity contribution is -0.143. The molecule has 0 aliphatic heterocycles. The number of hydrogen-bond acceptors (Lipinski definition) is 7. The van der Waals surface area contributed by atoms with Crippen molar-refractivity contribution in [3.63, 3.8) is 0 Å². The molecule has 0 aromatic heterocycles. The van der Waals surface area contributed by atoms with Crippen molar-refractivity contribution in [2.45, 2.75) is 84.0 Å². The molecule has 0 aromatic carbocycles. The van der Waals surface area contributed by atoms with Crippen LogP contribution in [0.25, 0.3) is 0 Å². The maximum Gasteiger partial charge on any atom is 0.326 e. The molecule has 0 aliphatic carbocycles. The van der Waals surface area contributed by atoms with Crippen LogP contribution in [0.3, 0.4) is 0 Å². The quantitative estimate of drug-likeness (QED) is 0.137. The van der Waals surface area contributed by atoms with E-state index in [4.69, 9.17) is 16.6 Å². The van der Waals surface area contributed by atoms with Gasteiger partial charge in [-0.2, -0.15) is 0 Å². The van der Waals surface area contributed by atoms with E-state index in [9.17, 15) is 33.9 Å². The van der Waals surface area contributed by atoms with Gasteiger partial charge in [0.2, 0.25) is 23.6 Å². The van der Waals surface area contributed by atoms with Gasteiger partial charge in [0.05, 0.1) is 6.04 Å². The molecule has 0 aromatic rings. The van der Waals surface area contributed by atoms with Crippen LogP contribution in [0.5, 0.6) is 0 Å². The summed E-state index contributed by atoms with van der Waals surface area (Å²) >= 11 is 0. The van der Waals surface area contributed by atoms with E-state index in [-0.39, 0.29) is 31.6 Å². The SMILES string of the molecule is CC(C)CC(NC(=O)C(N)CCC(N)=O)C(=O)NC(C(=O)NC(CCC(=O)O)C(=O)O)C(C)C. The van der Waals surface area contributed by atoms with Gasteiger partial charge < -0.3 is 37.6 Å². The fourth-order valence-corrected chi connectivity index (χ4v) is 2.99. The second-order valence-corrected chi connectivity index (χ2v) is 8.86. The van der Waals surface area contributed by atoms with Crippen molar-refractivity contribution >= 4 is 35.6 Å². The summed E-state index contributed by atoms with van der Waals surface area (Å²) in [5, 5.41) is 25.4. The van der Waals surface area contributed by atoms with Gasteiger partial charge in [-0.1, -0.05) is 27.7 Å². The number of carboxylic acid groups (broad SMARTS) is 2. The van der Waals surface area contributed by atoms with Gasteiger partial charge >= 0.3 is 11.9 Å². The van der Waals surface area contributed by atoms with Gasteiger partial charge in [-0.25, -0.2) is 4.79 Å². The zero-order valence-electron chi connectivity index (χ0n) is 20.0. The third-order valence-electron chi connectivity index (χ3n) is 4.89. The van der Waals surface area contributed by atoms with Crippen LogP contribution in [0, 0.1) is 11.8 Å². The average Bonchev–Trinajstić information content (AvgIpc) is 2.71. The highest BCUT2D eigenvalue weighted by Crippen LogP contribution is 2.10. The fraction of sp³-hybridized carbons (Fsp3) is 0.714. The minimum absolute atomic E-state index is 0.00112. The lowest BCUT2D eigenvalue weighted by atomic mass is 9.99. The van der Waals surface area contributed by atoms with E-state index < -0.39 is 72.1 Å². The molecular weight excluding hydrogens is 450 g/mol. The molecule has 0 rings (SSSR count). The number of carbonyl (C=O) groups is 6. The van der Waals surface area contributed by atoms with Gasteiger partial charge in [0.1, 0.15) is 18.1 Å². The number of nitrogens with one attached hydrogen (secondary N) is 3. The van der Waals surface area contributed by atoms with Crippen molar-refractivity contribution < 1.29 is 39.0 Å². The van der Waals surface area contributed by atoms with Gasteiger partial charge in [-0.3, -0.25) is 24.0 Å². The Morgan fingerprint density at radius 3 is 1.76 bits per heavy atom. The normalized spacial score (nSPS) is 14.6. The van der Waals surface area contributed by atoms with Crippen molar-refractivity contribution in [1.29, 1.82) is 0 Å². The molecular formula is C21H37N5O8. The third-order valence-corrected chi connectivity index (χ3v) is 4.89. The van der Waals surface area contributed by atoms with Crippen molar-refractivity contribution in [2.75, 3.05) is 0 Å². The standard InChI is InChI=1S/C21H37N5O8/c1-10(2)9-14(25-18(30)12(22)5-7-15(23)27)19(31)26-17(11(3)4)20(32)24-13(21(33)34)6-8-16(28)29/h10-14,17H,5-9,22H2,1-4H3,(H2,23,27)(H,24,32)(H,25,30)(H,26,31)(H,28,29)(H,33,34). The number of primary amides is 1. The van der Waals surface area contributed by atoms with Crippen LogP contribution in [0.15, 0.2) is 0 Å². The lowest BCUT2D eigenvalue weighted by Gasteiger charge is -2.27. The summed E-state index contributed by atoms with van der Waals surface area (Å²) < 4.78 is 0. The molecule has 9 N–H and O–H groups in total. The maximum atomic E-state index is 12.9. The van der Waals surface area contributed by atoms with Crippen LogP contribution >= 0.6 is 0 Å². The van der Waals surface area contributed by atoms with Crippen LogP contribution < -0.4 is 27.4 Å². The largest absolute Gasteiger partial charge is 0.481 e. The lowest BCUT2D eigenvalue weighted by Crippen LogP contribution is -2.58. The number of carbonyl (C=O) groups excluding carboxylic acids is 4. The number of amides is 4. The molecule has 4 amide bonds. The van der Waals surface area contributed by atoms with Gasteiger partial charge in [0.15, 0.2) is 0 Å². The topological polar surface area (TPSA) is 231 Å². The molecule has 0 heterocycles. The number of hydrogen-bond donors (Lipinski definition) is 7. The summed E-state index contributed by atoms with van der Waals surface area (Å²) in [6.45, 7) is 6.92. The summed E-state index contributed by atoms with van der Waals surface area (Å²) in [7, 11) is 0. The Kier molecular flexibility index (Phi) is 13.4. The van der Waals surface area contributed by atoms with Crippen LogP contribution in [-0.4, -0.2) is 69.9 Å². The Morgan fingerprint density at radius 1 is 0.765 bits per heavy atom. The monoisotopic (exact) mass is 487 g/mol. The molecule has 13 heteroatoms. The number of nitrogens with two attached hydrogens (primary N) is 2. The predicted octanol–water partition coefficient (Wildman–Crippen LogP) is -1.31. The summed E-state index contributed by atoms with van der Waals surface area (Å²) in [6.07, 6.45) is -0.666. The highest BCUT2D eigenvalue weighted by Gasteiger charge is 2.32. The molecule has 34 heavy (non-hydrogen) atoms. The van der Waals surface area contributed by atoms with E-state index >= 15 is 0 Å². The Balaban J connectivity index is 5.40. The average molecular weight is 488 g/mol. The molecule has 13 nitrogen and oxygen atoms in total. The second kappa shape index (κ2) is 14.8. The zero-order valence-corrected chi connectivity index (χ0v) is 20.0. The van der Waals surface area contributed by atoms with E-state index in [1.165, 1.54) is 0 Å². The first-order chi connectivity index (χ1) is 15.6. The van der Waals surface area contributed by atoms with E-state index in [1.54, 1.807) is 13.8 Å². The zero-order chi connectivity index (χ0) is 26.6. The highest BCUT2D eigenvalue weighted by atomic mass is 16.4. The van der Waals surface area contributed by atoms with Gasteiger partial charge in [0, 0.05) is 12.8 Å². The molecule has 4 unspecified atom stereocenters. The Hall–Kier alpha value is -3.22. The van der Waals surface area contributed by atoms with Crippen molar-refractivity contribution in [3.05, 3.63) is 0 Å². The maximum absolute atomic E-state index is 12.9. The Labute approximate surface area is 198 Å². The molecule has 0 aliphatic rings. The van der Waals surface area contributed by atoms with Crippen molar-refractivity contribution in [2.24, 2.45) is 23.3 Å². The summed E-state index contributed by atoms with van der Waals surface area (Å²) in [4.78, 5) is 71.1. The number of rotatable bonds is 16. The Morgan fingerprint density at radius 2 is 1.32 bits per heavy atom. The predicted molar refractivity (Wildman–Crippen MR) is 121 cm³/mol. The second-order valence-electron chi connectivity index (χ2n) is 8.86. The molecule has 0 fully saturated rings. The fourth-order valence-electron chi connectivity index (χ4n) is 2.99. The molecule has 0 spiro atoms. The summed E-state index contributed by atoms with van der Waals surface area (Å²) in [5.41, 5.74) is 10.8. The highest BCUT2D eigenvalue weighted by molar-refractivity contribution is 5.94. The smallest absolute Gasteiger partial charge is 0.326 e. The van der Waals surface area contributed by atoms with E-state index in [0.29, 0.717) is 0 Å². The molecule has 194 valence electrons. The van der Waals surface area contributed by atoms with E-state index in [2.05, 4.69) is 16.0 Å². The van der Waals surface area contributed by atoms with Crippen LogP contribution in [0.1, 0.15) is 59.8 Å². The Bertz CT molecular complexity index is 755. The number of carboxylic acids is 2. The van der Waals surface area contributed by atoms with Crippen LogP contribution in [0.2, 0.25) is 0 Å². The van der Waals surface area contributed by atoms with Crippen LogP contribution in [-0.2, 0) is 28.8 Å². The third kappa shape index (κ3) is 12.1.